The summed E-state index contributed by atoms with van der Waals surface area (Å²) in [6, 6.07) is 3.84. The normalized spacial score (nSPS) is 18.1. The van der Waals surface area contributed by atoms with Gasteiger partial charge in [0.25, 0.3) is 0 Å². The van der Waals surface area contributed by atoms with E-state index in [9.17, 15) is 4.39 Å². The first-order valence-electron chi connectivity index (χ1n) is 7.45. The first-order chi connectivity index (χ1) is 11.1. The zero-order valence-corrected chi connectivity index (χ0v) is 14.8. The Balaban J connectivity index is 2.09. The van der Waals surface area contributed by atoms with Gasteiger partial charge in [-0.1, -0.05) is 24.6 Å². The van der Waals surface area contributed by atoms with Crippen LogP contribution < -0.4 is 4.90 Å². The van der Waals surface area contributed by atoms with Crippen LogP contribution in [0.1, 0.15) is 18.9 Å². The molecule has 0 N–H and O–H groups in total. The van der Waals surface area contributed by atoms with Crippen LogP contribution in [0, 0.1) is 0 Å². The molecule has 0 aromatic carbocycles. The highest BCUT2D eigenvalue weighted by Gasteiger charge is 2.11. The first-order valence-corrected chi connectivity index (χ1v) is 8.82. The monoisotopic (exact) mass is 354 g/mol. The third-order valence-corrected chi connectivity index (χ3v) is 4.55. The number of pyridine rings is 1. The van der Waals surface area contributed by atoms with E-state index in [0.29, 0.717) is 24.8 Å². The highest BCUT2D eigenvalue weighted by Crippen LogP contribution is 2.18. The van der Waals surface area contributed by atoms with Crippen LogP contribution >= 0.6 is 23.4 Å². The van der Waals surface area contributed by atoms with Crippen molar-refractivity contribution in [3.63, 3.8) is 0 Å². The fraction of sp³-hybridized carbons (Fsp3) is 0.438. The summed E-state index contributed by atoms with van der Waals surface area (Å²) in [4.78, 5) is 14.8. The van der Waals surface area contributed by atoms with E-state index < -0.39 is 6.17 Å². The van der Waals surface area contributed by atoms with E-state index in [0.717, 1.165) is 22.2 Å². The lowest BCUT2D eigenvalue weighted by atomic mass is 10.2. The largest absolute Gasteiger partial charge is 0.357 e. The molecule has 2 heterocycles. The smallest absolute Gasteiger partial charge is 0.132 e. The third kappa shape index (κ3) is 5.62. The molecule has 0 unspecified atom stereocenters. The van der Waals surface area contributed by atoms with Gasteiger partial charge in [-0.3, -0.25) is 4.99 Å². The van der Waals surface area contributed by atoms with Gasteiger partial charge in [0.2, 0.25) is 0 Å². The molecule has 124 valence electrons. The minimum Gasteiger partial charge on any atom is -0.357 e. The number of anilines is 1. The topological polar surface area (TPSA) is 40.9 Å². The van der Waals surface area contributed by atoms with Crippen molar-refractivity contribution in [3.05, 3.63) is 36.0 Å². The fourth-order valence-electron chi connectivity index (χ4n) is 1.97. The van der Waals surface area contributed by atoms with Gasteiger partial charge in [-0.25, -0.2) is 14.4 Å². The third-order valence-electron chi connectivity index (χ3n) is 3.31. The van der Waals surface area contributed by atoms with Crippen LogP contribution in [0.4, 0.5) is 10.2 Å². The van der Waals surface area contributed by atoms with Crippen molar-refractivity contribution in [2.45, 2.75) is 19.5 Å². The van der Waals surface area contributed by atoms with Crippen LogP contribution in [0.25, 0.3) is 0 Å². The zero-order valence-electron chi connectivity index (χ0n) is 13.2. The number of aliphatic imine (C=N–C) groups is 2. The summed E-state index contributed by atoms with van der Waals surface area (Å²) in [7, 11) is 1.85. The molecule has 1 aliphatic rings. The minimum absolute atomic E-state index is 0.299. The Bertz CT molecular complexity index is 601. The number of allylic oxidation sites excluding steroid dienone is 1. The van der Waals surface area contributed by atoms with Crippen molar-refractivity contribution in [2.75, 3.05) is 30.9 Å². The maximum absolute atomic E-state index is 13.5. The zero-order chi connectivity index (χ0) is 16.7. The SMILES string of the molecule is CC[C@H](F)CN(C)c1ccc(C2=NCN=C(Cl)/C=C\CS2)cn1. The Hall–Kier alpha value is -1.40. The molecule has 0 amide bonds. The van der Waals surface area contributed by atoms with E-state index in [4.69, 9.17) is 11.6 Å². The number of halogens is 2. The number of aromatic nitrogens is 1. The van der Waals surface area contributed by atoms with Crippen LogP contribution in [0.5, 0.6) is 0 Å². The van der Waals surface area contributed by atoms with Crippen molar-refractivity contribution in [1.82, 2.24) is 4.98 Å². The molecule has 0 radical (unpaired) electrons. The van der Waals surface area contributed by atoms with Gasteiger partial charge in [-0.2, -0.15) is 0 Å². The summed E-state index contributed by atoms with van der Waals surface area (Å²) in [5.74, 6) is 1.52. The van der Waals surface area contributed by atoms with Crippen LogP contribution in [0.15, 0.2) is 40.5 Å². The predicted molar refractivity (Wildman–Crippen MR) is 99.0 cm³/mol. The number of alkyl halides is 1. The van der Waals surface area contributed by atoms with E-state index in [-0.39, 0.29) is 0 Å². The maximum Gasteiger partial charge on any atom is 0.132 e. The van der Waals surface area contributed by atoms with Crippen LogP contribution in [-0.4, -0.2) is 47.4 Å². The van der Waals surface area contributed by atoms with Crippen molar-refractivity contribution >= 4 is 39.4 Å². The summed E-state index contributed by atoms with van der Waals surface area (Å²) < 4.78 is 13.5. The van der Waals surface area contributed by atoms with Crippen LogP contribution in [0.2, 0.25) is 0 Å². The second-order valence-corrected chi connectivity index (χ2v) is 6.49. The van der Waals surface area contributed by atoms with Gasteiger partial charge in [0.05, 0.1) is 6.54 Å². The fourth-order valence-corrected chi connectivity index (χ4v) is 2.90. The molecular formula is C16H20ClFN4S. The lowest BCUT2D eigenvalue weighted by Crippen LogP contribution is -2.26. The van der Waals surface area contributed by atoms with Crippen molar-refractivity contribution < 1.29 is 4.39 Å². The molecule has 4 nitrogen and oxygen atoms in total. The second kappa shape index (κ2) is 9.03. The number of nitrogens with zero attached hydrogens (tertiary/aromatic N) is 4. The Morgan fingerprint density at radius 2 is 2.22 bits per heavy atom. The number of hydrogen-bond acceptors (Lipinski definition) is 5. The van der Waals surface area contributed by atoms with E-state index in [1.54, 1.807) is 24.0 Å². The summed E-state index contributed by atoms with van der Waals surface area (Å²) in [5, 5.41) is 1.34. The molecule has 7 heteroatoms. The van der Waals surface area contributed by atoms with E-state index in [2.05, 4.69) is 15.0 Å². The molecule has 0 aliphatic carbocycles. The average molecular weight is 355 g/mol. The summed E-state index contributed by atoms with van der Waals surface area (Å²) in [5.41, 5.74) is 0.932. The van der Waals surface area contributed by atoms with Gasteiger partial charge in [-0.15, -0.1) is 11.8 Å². The van der Waals surface area contributed by atoms with Gasteiger partial charge in [-0.05, 0) is 24.6 Å². The average Bonchev–Trinajstić information content (AvgIpc) is 2.67. The Morgan fingerprint density at radius 1 is 1.39 bits per heavy atom. The highest BCUT2D eigenvalue weighted by molar-refractivity contribution is 8.14. The molecule has 0 bridgehead atoms. The van der Waals surface area contributed by atoms with Gasteiger partial charge in [0.15, 0.2) is 0 Å². The molecule has 1 aliphatic heterocycles. The molecule has 23 heavy (non-hydrogen) atoms. The molecule has 0 saturated carbocycles. The van der Waals surface area contributed by atoms with Crippen molar-refractivity contribution in [2.24, 2.45) is 9.98 Å². The molecule has 1 aromatic heterocycles. The number of rotatable bonds is 5. The number of hydrogen-bond donors (Lipinski definition) is 0. The van der Waals surface area contributed by atoms with E-state index >= 15 is 0 Å². The van der Waals surface area contributed by atoms with Crippen molar-refractivity contribution in [3.8, 4) is 0 Å². The lowest BCUT2D eigenvalue weighted by molar-refractivity contribution is 0.329. The first kappa shape index (κ1) is 17.9. The van der Waals surface area contributed by atoms with Gasteiger partial charge >= 0.3 is 0 Å². The standard InChI is InChI=1S/C16H20ClFN4S/c1-3-13(18)10-22(2)15-7-6-12(9-19-15)16-21-11-20-14(17)5-4-8-23-16/h4-7,9,13H,3,8,10-11H2,1-2H3/b5-4-,20-14?,21-16?/t13-/m0/s1. The summed E-state index contributed by atoms with van der Waals surface area (Å²) >= 11 is 7.52. The van der Waals surface area contributed by atoms with Crippen LogP contribution in [-0.2, 0) is 0 Å². The Morgan fingerprint density at radius 3 is 2.91 bits per heavy atom. The molecule has 0 fully saturated rings. The maximum atomic E-state index is 13.5. The summed E-state index contributed by atoms with van der Waals surface area (Å²) in [6.45, 7) is 2.48. The second-order valence-electron chi connectivity index (χ2n) is 5.09. The van der Waals surface area contributed by atoms with Crippen molar-refractivity contribution in [1.29, 1.82) is 0 Å². The van der Waals surface area contributed by atoms with Gasteiger partial charge in [0, 0.05) is 24.6 Å². The van der Waals surface area contributed by atoms with Crippen LogP contribution in [0.3, 0.4) is 0 Å². The molecular weight excluding hydrogens is 335 g/mol. The molecule has 0 spiro atoms. The van der Waals surface area contributed by atoms with Gasteiger partial charge < -0.3 is 4.90 Å². The summed E-state index contributed by atoms with van der Waals surface area (Å²) in [6.07, 6.45) is 5.17. The molecule has 2 rings (SSSR count). The lowest BCUT2D eigenvalue weighted by Gasteiger charge is -2.20. The number of thioether (sulfide) groups is 1. The molecule has 1 atom stereocenters. The Labute approximate surface area is 145 Å². The van der Waals surface area contributed by atoms with E-state index in [1.165, 1.54) is 0 Å². The van der Waals surface area contributed by atoms with Gasteiger partial charge in [0.1, 0.15) is 28.9 Å². The quantitative estimate of drug-likeness (QED) is 0.805. The Kier molecular flexibility index (Phi) is 7.05. The molecule has 0 saturated heterocycles. The predicted octanol–water partition coefficient (Wildman–Crippen LogP) is 3.91. The molecule has 1 aromatic rings. The minimum atomic E-state index is -0.842. The van der Waals surface area contributed by atoms with E-state index in [1.807, 2.05) is 37.1 Å². The highest BCUT2D eigenvalue weighted by atomic mass is 35.5.